The minimum absolute atomic E-state index is 0.0645. The molecular weight excluding hydrogens is 324 g/mol. The molecule has 4 rings (SSSR count). The molecule has 3 aromatic rings. The first-order valence-corrected chi connectivity index (χ1v) is 8.18. The second kappa shape index (κ2) is 6.15. The second-order valence-electron chi connectivity index (χ2n) is 6.24. The number of nitrogens with one attached hydrogen (secondary N) is 1. The van der Waals surface area contributed by atoms with Crippen molar-refractivity contribution in [3.8, 4) is 0 Å². The molecular formula is C16H18N6O3. The van der Waals surface area contributed by atoms with Gasteiger partial charge in [0.05, 0.1) is 11.6 Å². The van der Waals surface area contributed by atoms with Crippen molar-refractivity contribution in [3.05, 3.63) is 23.8 Å². The summed E-state index contributed by atoms with van der Waals surface area (Å²) >= 11 is 0. The highest BCUT2D eigenvalue weighted by molar-refractivity contribution is 5.93. The smallest absolute Gasteiger partial charge is 0.263 e. The number of hydrogen-bond acceptors (Lipinski definition) is 8. The SMILES string of the molecule is Cc1cc(NC(=O)C2CCCN(c3ncnc4onc(C)c34)C2)no1. The number of carbonyl (C=O) groups excluding carboxylic acids is 1. The van der Waals surface area contributed by atoms with Crippen LogP contribution in [0.3, 0.4) is 0 Å². The van der Waals surface area contributed by atoms with Crippen LogP contribution in [-0.2, 0) is 4.79 Å². The van der Waals surface area contributed by atoms with Crippen LogP contribution in [0.5, 0.6) is 0 Å². The number of piperidine rings is 1. The van der Waals surface area contributed by atoms with Crippen LogP contribution in [0.2, 0.25) is 0 Å². The molecule has 1 amide bonds. The molecule has 9 heteroatoms. The molecule has 4 heterocycles. The molecule has 1 unspecified atom stereocenters. The molecule has 0 bridgehead atoms. The maximum absolute atomic E-state index is 12.6. The van der Waals surface area contributed by atoms with Gasteiger partial charge in [-0.15, -0.1) is 0 Å². The van der Waals surface area contributed by atoms with Crippen molar-refractivity contribution in [3.63, 3.8) is 0 Å². The molecule has 0 aromatic carbocycles. The van der Waals surface area contributed by atoms with E-state index < -0.39 is 0 Å². The van der Waals surface area contributed by atoms with Gasteiger partial charge in [0.2, 0.25) is 5.91 Å². The molecule has 0 aliphatic carbocycles. The molecule has 1 fully saturated rings. The lowest BCUT2D eigenvalue weighted by atomic mass is 9.97. The van der Waals surface area contributed by atoms with Crippen molar-refractivity contribution in [2.75, 3.05) is 23.3 Å². The van der Waals surface area contributed by atoms with Gasteiger partial charge < -0.3 is 19.3 Å². The zero-order valence-corrected chi connectivity index (χ0v) is 14.0. The first-order chi connectivity index (χ1) is 12.1. The van der Waals surface area contributed by atoms with E-state index in [0.717, 1.165) is 36.3 Å². The van der Waals surface area contributed by atoms with Gasteiger partial charge >= 0.3 is 0 Å². The molecule has 0 saturated carbocycles. The van der Waals surface area contributed by atoms with Gasteiger partial charge in [-0.2, -0.15) is 4.98 Å². The van der Waals surface area contributed by atoms with Gasteiger partial charge in [0.15, 0.2) is 5.82 Å². The molecule has 25 heavy (non-hydrogen) atoms. The molecule has 9 nitrogen and oxygen atoms in total. The summed E-state index contributed by atoms with van der Waals surface area (Å²) in [6, 6.07) is 1.70. The Bertz CT molecular complexity index is 918. The van der Waals surface area contributed by atoms with Gasteiger partial charge in [0.1, 0.15) is 23.3 Å². The van der Waals surface area contributed by atoms with Crippen molar-refractivity contribution in [1.82, 2.24) is 20.3 Å². The number of anilines is 2. The number of fused-ring (bicyclic) bond motifs is 1. The zero-order chi connectivity index (χ0) is 17.4. The fraction of sp³-hybridized carbons (Fsp3) is 0.438. The van der Waals surface area contributed by atoms with E-state index in [2.05, 4.69) is 30.5 Å². The first kappa shape index (κ1) is 15.6. The normalized spacial score (nSPS) is 17.8. The summed E-state index contributed by atoms with van der Waals surface area (Å²) in [5.41, 5.74) is 1.21. The molecule has 0 radical (unpaired) electrons. The van der Waals surface area contributed by atoms with E-state index in [1.54, 1.807) is 13.0 Å². The Hall–Kier alpha value is -2.97. The number of nitrogens with zero attached hydrogens (tertiary/aromatic N) is 5. The predicted octanol–water partition coefficient (Wildman–Crippen LogP) is 2.08. The number of hydrogen-bond donors (Lipinski definition) is 1. The summed E-state index contributed by atoms with van der Waals surface area (Å²) < 4.78 is 10.2. The van der Waals surface area contributed by atoms with E-state index in [4.69, 9.17) is 9.05 Å². The lowest BCUT2D eigenvalue weighted by Gasteiger charge is -2.32. The summed E-state index contributed by atoms with van der Waals surface area (Å²) in [6.07, 6.45) is 3.17. The van der Waals surface area contributed by atoms with Crippen LogP contribution in [0, 0.1) is 19.8 Å². The highest BCUT2D eigenvalue weighted by Crippen LogP contribution is 2.29. The third-order valence-electron chi connectivity index (χ3n) is 4.39. The number of aryl methyl sites for hydroxylation is 2. The minimum atomic E-state index is -0.157. The minimum Gasteiger partial charge on any atom is -0.360 e. The summed E-state index contributed by atoms with van der Waals surface area (Å²) in [5, 5.41) is 11.4. The largest absolute Gasteiger partial charge is 0.360 e. The van der Waals surface area contributed by atoms with Crippen LogP contribution < -0.4 is 10.2 Å². The van der Waals surface area contributed by atoms with Crippen LogP contribution in [-0.4, -0.2) is 39.3 Å². The van der Waals surface area contributed by atoms with Gasteiger partial charge in [-0.05, 0) is 26.7 Å². The van der Waals surface area contributed by atoms with Gasteiger partial charge in [-0.1, -0.05) is 10.3 Å². The Labute approximate surface area is 143 Å². The Balaban J connectivity index is 1.54. The topological polar surface area (TPSA) is 110 Å². The number of amides is 1. The van der Waals surface area contributed by atoms with Crippen LogP contribution in [0.15, 0.2) is 21.4 Å². The first-order valence-electron chi connectivity index (χ1n) is 8.18. The van der Waals surface area contributed by atoms with Gasteiger partial charge in [-0.3, -0.25) is 4.79 Å². The molecule has 1 saturated heterocycles. The Morgan fingerprint density at radius 2 is 2.16 bits per heavy atom. The summed E-state index contributed by atoms with van der Waals surface area (Å²) in [7, 11) is 0. The maximum atomic E-state index is 12.6. The fourth-order valence-electron chi connectivity index (χ4n) is 3.18. The van der Waals surface area contributed by atoms with E-state index in [1.807, 2.05) is 6.92 Å². The average molecular weight is 342 g/mol. The molecule has 1 aliphatic heterocycles. The highest BCUT2D eigenvalue weighted by atomic mass is 16.5. The molecule has 1 aliphatic rings. The zero-order valence-electron chi connectivity index (χ0n) is 14.0. The molecule has 1 N–H and O–H groups in total. The highest BCUT2D eigenvalue weighted by Gasteiger charge is 2.29. The van der Waals surface area contributed by atoms with E-state index in [9.17, 15) is 4.79 Å². The Kier molecular flexibility index (Phi) is 3.83. The van der Waals surface area contributed by atoms with Crippen molar-refractivity contribution in [1.29, 1.82) is 0 Å². The third kappa shape index (κ3) is 2.92. The Morgan fingerprint density at radius 3 is 2.96 bits per heavy atom. The van der Waals surface area contributed by atoms with Gasteiger partial charge in [-0.25, -0.2) is 4.98 Å². The van der Waals surface area contributed by atoms with E-state index in [1.165, 1.54) is 6.33 Å². The molecule has 130 valence electrons. The molecule has 0 spiro atoms. The van der Waals surface area contributed by atoms with Crippen LogP contribution in [0.4, 0.5) is 11.6 Å². The second-order valence-corrected chi connectivity index (χ2v) is 6.24. The van der Waals surface area contributed by atoms with Crippen LogP contribution in [0.1, 0.15) is 24.3 Å². The fourth-order valence-corrected chi connectivity index (χ4v) is 3.18. The number of carbonyl (C=O) groups is 1. The maximum Gasteiger partial charge on any atom is 0.263 e. The van der Waals surface area contributed by atoms with E-state index in [0.29, 0.717) is 23.8 Å². The predicted molar refractivity (Wildman–Crippen MR) is 89.1 cm³/mol. The van der Waals surface area contributed by atoms with Gasteiger partial charge in [0.25, 0.3) is 5.71 Å². The quantitative estimate of drug-likeness (QED) is 0.770. The summed E-state index contributed by atoms with van der Waals surface area (Å²) in [4.78, 5) is 23.1. The van der Waals surface area contributed by atoms with Crippen molar-refractivity contribution < 1.29 is 13.8 Å². The van der Waals surface area contributed by atoms with Gasteiger partial charge in [0, 0.05) is 19.2 Å². The Morgan fingerprint density at radius 1 is 1.28 bits per heavy atom. The van der Waals surface area contributed by atoms with E-state index in [-0.39, 0.29) is 11.8 Å². The monoisotopic (exact) mass is 342 g/mol. The van der Waals surface area contributed by atoms with Crippen molar-refractivity contribution >= 4 is 28.6 Å². The number of rotatable bonds is 3. The molecule has 3 aromatic heterocycles. The third-order valence-corrected chi connectivity index (χ3v) is 4.39. The van der Waals surface area contributed by atoms with Crippen LogP contribution in [0.25, 0.3) is 11.1 Å². The van der Waals surface area contributed by atoms with Crippen molar-refractivity contribution in [2.24, 2.45) is 5.92 Å². The summed E-state index contributed by atoms with van der Waals surface area (Å²) in [6.45, 7) is 5.04. The number of aromatic nitrogens is 4. The lowest BCUT2D eigenvalue weighted by molar-refractivity contribution is -0.120. The van der Waals surface area contributed by atoms with Crippen LogP contribution >= 0.6 is 0 Å². The lowest BCUT2D eigenvalue weighted by Crippen LogP contribution is -2.41. The molecule has 1 atom stereocenters. The average Bonchev–Trinajstić information content (AvgIpc) is 3.21. The van der Waals surface area contributed by atoms with Crippen molar-refractivity contribution in [2.45, 2.75) is 26.7 Å². The van der Waals surface area contributed by atoms with E-state index >= 15 is 0 Å². The standard InChI is InChI=1S/C16H18N6O3/c1-9-6-12(21-24-9)19-15(23)11-4-3-5-22(7-11)14-13-10(2)20-25-16(13)18-8-17-14/h6,8,11H,3-5,7H2,1-2H3,(H,19,21,23). The summed E-state index contributed by atoms with van der Waals surface area (Å²) in [5.74, 6) is 1.64.